The Bertz CT molecular complexity index is 766. The van der Waals surface area contributed by atoms with Gasteiger partial charge in [0, 0.05) is 37.9 Å². The minimum Gasteiger partial charge on any atom is -0.466 e. The minimum absolute atomic E-state index is 0.0803. The number of rotatable bonds is 5. The number of nitrogens with zero attached hydrogens (tertiary/aromatic N) is 3. The summed E-state index contributed by atoms with van der Waals surface area (Å²) in [5.74, 6) is -2.62. The fourth-order valence-electron chi connectivity index (χ4n) is 3.51. The van der Waals surface area contributed by atoms with E-state index in [1.165, 1.54) is 15.9 Å². The summed E-state index contributed by atoms with van der Waals surface area (Å²) in [6.07, 6.45) is 1.08. The van der Waals surface area contributed by atoms with Crippen molar-refractivity contribution in [3.63, 3.8) is 0 Å². The molecule has 0 unspecified atom stereocenters. The van der Waals surface area contributed by atoms with Crippen LogP contribution < -0.4 is 4.90 Å². The van der Waals surface area contributed by atoms with Crippen LogP contribution in [0.25, 0.3) is 0 Å². The van der Waals surface area contributed by atoms with Gasteiger partial charge in [0.05, 0.1) is 12.5 Å². The average molecular weight is 395 g/mol. The Kier molecular flexibility index (Phi) is 6.11. The lowest BCUT2D eigenvalue weighted by molar-refractivity contribution is -0.151. The molecule has 2 aliphatic heterocycles. The van der Waals surface area contributed by atoms with Gasteiger partial charge in [0.15, 0.2) is 11.6 Å². The number of carbonyl (C=O) groups is 3. The van der Waals surface area contributed by atoms with Crippen LogP contribution in [-0.4, -0.2) is 67.0 Å². The van der Waals surface area contributed by atoms with E-state index >= 15 is 0 Å². The maximum absolute atomic E-state index is 13.4. The minimum atomic E-state index is -1.02. The highest BCUT2D eigenvalue weighted by Gasteiger charge is 2.34. The molecule has 0 aromatic heterocycles. The highest BCUT2D eigenvalue weighted by molar-refractivity contribution is 5.96. The number of hydrogen-bond donors (Lipinski definition) is 0. The first-order valence-corrected chi connectivity index (χ1v) is 9.36. The highest BCUT2D eigenvalue weighted by Crippen LogP contribution is 2.23. The van der Waals surface area contributed by atoms with Crippen LogP contribution in [-0.2, 0) is 14.3 Å². The van der Waals surface area contributed by atoms with Crippen molar-refractivity contribution in [1.29, 1.82) is 0 Å². The number of halogens is 2. The molecule has 9 heteroatoms. The molecule has 0 aliphatic carbocycles. The molecule has 1 aromatic rings. The lowest BCUT2D eigenvalue weighted by Crippen LogP contribution is -2.46. The molecule has 3 rings (SSSR count). The smallest absolute Gasteiger partial charge is 0.325 e. The Labute approximate surface area is 161 Å². The Morgan fingerprint density at radius 1 is 1.11 bits per heavy atom. The number of ether oxygens (including phenoxy) is 1. The summed E-state index contributed by atoms with van der Waals surface area (Å²) in [5.41, 5.74) is 0.258. The van der Waals surface area contributed by atoms with Gasteiger partial charge < -0.3 is 14.5 Å². The molecule has 0 atom stereocenters. The van der Waals surface area contributed by atoms with Crippen molar-refractivity contribution < 1.29 is 27.9 Å². The molecular weight excluding hydrogens is 372 g/mol. The molecule has 152 valence electrons. The van der Waals surface area contributed by atoms with E-state index in [-0.39, 0.29) is 30.0 Å². The summed E-state index contributed by atoms with van der Waals surface area (Å²) in [6, 6.07) is 2.86. The maximum atomic E-state index is 13.4. The van der Waals surface area contributed by atoms with Gasteiger partial charge in [0.2, 0.25) is 5.91 Å². The van der Waals surface area contributed by atoms with Crippen molar-refractivity contribution in [3.8, 4) is 0 Å². The van der Waals surface area contributed by atoms with Crippen molar-refractivity contribution in [3.05, 3.63) is 29.8 Å². The first-order valence-electron chi connectivity index (χ1n) is 9.36. The van der Waals surface area contributed by atoms with Gasteiger partial charge in [-0.3, -0.25) is 14.5 Å². The molecule has 0 bridgehead atoms. The first-order chi connectivity index (χ1) is 13.4. The van der Waals surface area contributed by atoms with Crippen LogP contribution in [0.15, 0.2) is 18.2 Å². The normalized spacial score (nSPS) is 18.0. The molecule has 3 amide bonds. The Morgan fingerprint density at radius 2 is 1.82 bits per heavy atom. The van der Waals surface area contributed by atoms with Gasteiger partial charge in [-0.15, -0.1) is 0 Å². The number of likely N-dealkylation sites (tertiary alicyclic amines) is 1. The second-order valence-electron chi connectivity index (χ2n) is 6.86. The monoisotopic (exact) mass is 395 g/mol. The van der Waals surface area contributed by atoms with E-state index < -0.39 is 17.7 Å². The largest absolute Gasteiger partial charge is 0.466 e. The van der Waals surface area contributed by atoms with Crippen molar-refractivity contribution in [2.75, 3.05) is 44.2 Å². The van der Waals surface area contributed by atoms with Crippen molar-refractivity contribution >= 4 is 23.6 Å². The molecule has 0 N–H and O–H groups in total. The van der Waals surface area contributed by atoms with E-state index in [9.17, 15) is 23.2 Å². The van der Waals surface area contributed by atoms with E-state index in [4.69, 9.17) is 4.74 Å². The van der Waals surface area contributed by atoms with Crippen molar-refractivity contribution in [2.45, 2.75) is 19.8 Å². The van der Waals surface area contributed by atoms with Crippen molar-refractivity contribution in [2.24, 2.45) is 5.92 Å². The summed E-state index contributed by atoms with van der Waals surface area (Å²) >= 11 is 0. The van der Waals surface area contributed by atoms with Crippen LogP contribution >= 0.6 is 0 Å². The molecule has 2 heterocycles. The van der Waals surface area contributed by atoms with Crippen LogP contribution in [0.1, 0.15) is 19.8 Å². The molecule has 7 nitrogen and oxygen atoms in total. The van der Waals surface area contributed by atoms with Crippen LogP contribution in [0.5, 0.6) is 0 Å². The predicted octanol–water partition coefficient (Wildman–Crippen LogP) is 2.01. The summed E-state index contributed by atoms with van der Waals surface area (Å²) in [4.78, 5) is 41.2. The number of esters is 1. The van der Waals surface area contributed by atoms with Crippen LogP contribution in [0.3, 0.4) is 0 Å². The fourth-order valence-corrected chi connectivity index (χ4v) is 3.51. The number of anilines is 1. The van der Waals surface area contributed by atoms with Gasteiger partial charge in [0.25, 0.3) is 0 Å². The van der Waals surface area contributed by atoms with E-state index in [0.29, 0.717) is 45.6 Å². The van der Waals surface area contributed by atoms with Gasteiger partial charge in [-0.1, -0.05) is 0 Å². The topological polar surface area (TPSA) is 70.2 Å². The van der Waals surface area contributed by atoms with Gasteiger partial charge >= 0.3 is 12.0 Å². The number of benzene rings is 1. The third-order valence-corrected chi connectivity index (χ3v) is 5.10. The van der Waals surface area contributed by atoms with Gasteiger partial charge in [0.1, 0.15) is 6.54 Å². The van der Waals surface area contributed by atoms with E-state index in [1.54, 1.807) is 11.8 Å². The number of carbonyl (C=O) groups excluding carboxylic acids is 3. The highest BCUT2D eigenvalue weighted by atomic mass is 19.2. The Hall–Kier alpha value is -2.71. The second kappa shape index (κ2) is 8.53. The Balaban J connectivity index is 1.53. The van der Waals surface area contributed by atoms with E-state index in [2.05, 4.69) is 0 Å². The molecule has 2 fully saturated rings. The zero-order valence-electron chi connectivity index (χ0n) is 15.7. The van der Waals surface area contributed by atoms with Crippen molar-refractivity contribution in [1.82, 2.24) is 9.80 Å². The van der Waals surface area contributed by atoms with E-state index in [0.717, 1.165) is 12.1 Å². The molecule has 0 saturated carbocycles. The third kappa shape index (κ3) is 4.23. The number of urea groups is 1. The maximum Gasteiger partial charge on any atom is 0.325 e. The fraction of sp³-hybridized carbons (Fsp3) is 0.526. The molecule has 2 saturated heterocycles. The molecule has 2 aliphatic rings. The van der Waals surface area contributed by atoms with Gasteiger partial charge in [-0.2, -0.15) is 0 Å². The van der Waals surface area contributed by atoms with E-state index in [1.807, 2.05) is 0 Å². The molecule has 28 heavy (non-hydrogen) atoms. The molecule has 1 aromatic carbocycles. The summed E-state index contributed by atoms with van der Waals surface area (Å²) in [5, 5.41) is 0. The molecular formula is C19H23F2N3O4. The summed E-state index contributed by atoms with van der Waals surface area (Å²) in [7, 11) is 0. The first kappa shape index (κ1) is 20.0. The Morgan fingerprint density at radius 3 is 2.46 bits per heavy atom. The lowest BCUT2D eigenvalue weighted by atomic mass is 9.97. The third-order valence-electron chi connectivity index (χ3n) is 5.10. The average Bonchev–Trinajstić information content (AvgIpc) is 3.04. The number of amides is 3. The summed E-state index contributed by atoms with van der Waals surface area (Å²) in [6.45, 7) is 3.51. The van der Waals surface area contributed by atoms with Gasteiger partial charge in [-0.25, -0.2) is 13.6 Å². The SMILES string of the molecule is CCOC(=O)C1CCN(C(=O)CN2CCN(c3ccc(F)c(F)c3)C2=O)CC1. The predicted molar refractivity (Wildman–Crippen MR) is 96.6 cm³/mol. The second-order valence-corrected chi connectivity index (χ2v) is 6.86. The molecule has 0 spiro atoms. The van der Waals surface area contributed by atoms with Crippen LogP contribution in [0, 0.1) is 17.6 Å². The van der Waals surface area contributed by atoms with Gasteiger partial charge in [-0.05, 0) is 31.9 Å². The number of piperidine rings is 1. The lowest BCUT2D eigenvalue weighted by Gasteiger charge is -2.32. The van der Waals surface area contributed by atoms with Crippen LogP contribution in [0.4, 0.5) is 19.3 Å². The summed E-state index contributed by atoms with van der Waals surface area (Å²) < 4.78 is 31.5. The molecule has 0 radical (unpaired) electrons. The quantitative estimate of drug-likeness (QED) is 0.716. The number of hydrogen-bond acceptors (Lipinski definition) is 4. The zero-order chi connectivity index (χ0) is 20.3. The zero-order valence-corrected chi connectivity index (χ0v) is 15.7. The standard InChI is InChI=1S/C19H23F2N3O4/c1-2-28-18(26)13-5-7-22(8-6-13)17(25)12-23-9-10-24(19(23)27)14-3-4-15(20)16(21)11-14/h3-4,11,13H,2,5-10,12H2,1H3. The van der Waals surface area contributed by atoms with Crippen LogP contribution in [0.2, 0.25) is 0 Å².